The van der Waals surface area contributed by atoms with E-state index in [1.54, 1.807) is 24.4 Å². The quantitative estimate of drug-likeness (QED) is 0.761. The van der Waals surface area contributed by atoms with Crippen LogP contribution in [-0.2, 0) is 0 Å². The third-order valence-corrected chi connectivity index (χ3v) is 2.36. The topological polar surface area (TPSA) is 31.4 Å². The molecule has 0 amide bonds. The van der Waals surface area contributed by atoms with Crippen LogP contribution in [0.25, 0.3) is 11.3 Å². The third kappa shape index (κ3) is 1.80. The second-order valence-electron chi connectivity index (χ2n) is 3.54. The average Bonchev–Trinajstić information content (AvgIpc) is 2.63. The van der Waals surface area contributed by atoms with Crippen LogP contribution < -0.4 is 9.47 Å². The molecule has 5 heteroatoms. The van der Waals surface area contributed by atoms with Crippen molar-refractivity contribution in [3.63, 3.8) is 0 Å². The molecule has 0 aliphatic carbocycles. The Bertz CT molecular complexity index is 558. The number of aromatic nitrogens is 1. The molecule has 1 aliphatic rings. The van der Waals surface area contributed by atoms with Crippen molar-refractivity contribution in [3.8, 4) is 22.8 Å². The van der Waals surface area contributed by atoms with Gasteiger partial charge in [0, 0.05) is 11.8 Å². The highest BCUT2D eigenvalue weighted by Crippen LogP contribution is 2.42. The van der Waals surface area contributed by atoms with Gasteiger partial charge in [-0.15, -0.1) is 8.78 Å². The van der Waals surface area contributed by atoms with Gasteiger partial charge in [-0.2, -0.15) is 0 Å². The van der Waals surface area contributed by atoms with Gasteiger partial charge < -0.3 is 9.47 Å². The Hall–Kier alpha value is -2.17. The lowest BCUT2D eigenvalue weighted by molar-refractivity contribution is -0.286. The van der Waals surface area contributed by atoms with E-state index in [4.69, 9.17) is 0 Å². The van der Waals surface area contributed by atoms with E-state index in [-0.39, 0.29) is 11.5 Å². The zero-order valence-electron chi connectivity index (χ0n) is 8.56. The van der Waals surface area contributed by atoms with Crippen LogP contribution in [0.4, 0.5) is 8.78 Å². The summed E-state index contributed by atoms with van der Waals surface area (Å²) in [6.45, 7) is 0. The average molecular weight is 235 g/mol. The van der Waals surface area contributed by atoms with Gasteiger partial charge in [-0.05, 0) is 30.3 Å². The summed E-state index contributed by atoms with van der Waals surface area (Å²) < 4.78 is 34.3. The van der Waals surface area contributed by atoms with Crippen LogP contribution >= 0.6 is 0 Å². The molecular formula is C12H7F2NO2. The summed E-state index contributed by atoms with van der Waals surface area (Å²) in [6, 6.07) is 9.98. The van der Waals surface area contributed by atoms with Crippen molar-refractivity contribution in [1.29, 1.82) is 0 Å². The molecule has 2 aromatic rings. The molecule has 0 spiro atoms. The molecule has 86 valence electrons. The second-order valence-corrected chi connectivity index (χ2v) is 3.54. The molecule has 0 saturated heterocycles. The predicted molar refractivity (Wildman–Crippen MR) is 55.9 cm³/mol. The highest BCUT2D eigenvalue weighted by molar-refractivity contribution is 5.64. The van der Waals surface area contributed by atoms with Gasteiger partial charge in [0.25, 0.3) is 0 Å². The second kappa shape index (κ2) is 3.41. The Labute approximate surface area is 95.6 Å². The predicted octanol–water partition coefficient (Wildman–Crippen LogP) is 3.07. The first-order valence-electron chi connectivity index (χ1n) is 4.95. The van der Waals surface area contributed by atoms with Gasteiger partial charge in [0.15, 0.2) is 11.5 Å². The number of fused-ring (bicyclic) bond motifs is 1. The minimum atomic E-state index is -3.58. The molecular weight excluding hydrogens is 228 g/mol. The molecule has 1 aromatic carbocycles. The molecule has 0 N–H and O–H groups in total. The summed E-state index contributed by atoms with van der Waals surface area (Å²) in [6.07, 6.45) is -1.94. The monoisotopic (exact) mass is 235 g/mol. The van der Waals surface area contributed by atoms with Gasteiger partial charge in [-0.25, -0.2) is 0 Å². The van der Waals surface area contributed by atoms with Crippen LogP contribution in [0, 0.1) is 0 Å². The van der Waals surface area contributed by atoms with E-state index >= 15 is 0 Å². The maximum atomic E-state index is 12.8. The van der Waals surface area contributed by atoms with E-state index in [0.717, 1.165) is 0 Å². The molecule has 0 atom stereocenters. The molecule has 1 aromatic heterocycles. The Morgan fingerprint density at radius 2 is 1.82 bits per heavy atom. The number of hydrogen-bond acceptors (Lipinski definition) is 3. The summed E-state index contributed by atoms with van der Waals surface area (Å²) in [7, 11) is 0. The Balaban J connectivity index is 2.02. The van der Waals surface area contributed by atoms with E-state index in [1.807, 2.05) is 6.07 Å². The van der Waals surface area contributed by atoms with Crippen molar-refractivity contribution < 1.29 is 18.3 Å². The van der Waals surface area contributed by atoms with Crippen LogP contribution in [0.2, 0.25) is 0 Å². The molecule has 0 radical (unpaired) electrons. The van der Waals surface area contributed by atoms with E-state index in [9.17, 15) is 8.78 Å². The van der Waals surface area contributed by atoms with E-state index in [2.05, 4.69) is 14.5 Å². The van der Waals surface area contributed by atoms with Crippen molar-refractivity contribution in [2.45, 2.75) is 6.29 Å². The molecule has 17 heavy (non-hydrogen) atoms. The van der Waals surface area contributed by atoms with Crippen LogP contribution in [0.15, 0.2) is 42.6 Å². The van der Waals surface area contributed by atoms with Crippen LogP contribution in [0.5, 0.6) is 11.5 Å². The maximum absolute atomic E-state index is 12.8. The van der Waals surface area contributed by atoms with Crippen molar-refractivity contribution in [2.75, 3.05) is 0 Å². The number of ether oxygens (including phenoxy) is 2. The molecule has 0 fully saturated rings. The summed E-state index contributed by atoms with van der Waals surface area (Å²) in [5.41, 5.74) is 1.39. The zero-order chi connectivity index (χ0) is 11.9. The number of rotatable bonds is 1. The van der Waals surface area contributed by atoms with Crippen molar-refractivity contribution in [2.24, 2.45) is 0 Å². The van der Waals surface area contributed by atoms with Crippen LogP contribution in [0.3, 0.4) is 0 Å². The minimum Gasteiger partial charge on any atom is -0.395 e. The first kappa shape index (κ1) is 10.0. The van der Waals surface area contributed by atoms with Crippen LogP contribution in [-0.4, -0.2) is 11.3 Å². The van der Waals surface area contributed by atoms with Gasteiger partial charge in [0.05, 0.1) is 5.69 Å². The highest BCUT2D eigenvalue weighted by Gasteiger charge is 2.43. The SMILES string of the molecule is FC1(F)Oc2ccc(-c3ccccn3)cc2O1. The number of benzene rings is 1. The number of alkyl halides is 2. The largest absolute Gasteiger partial charge is 0.586 e. The van der Waals surface area contributed by atoms with Gasteiger partial charge in [0.1, 0.15) is 0 Å². The lowest BCUT2D eigenvalue weighted by atomic mass is 10.1. The highest BCUT2D eigenvalue weighted by atomic mass is 19.3. The Morgan fingerprint density at radius 3 is 2.59 bits per heavy atom. The smallest absolute Gasteiger partial charge is 0.395 e. The fourth-order valence-electron chi connectivity index (χ4n) is 1.64. The van der Waals surface area contributed by atoms with Crippen molar-refractivity contribution in [3.05, 3.63) is 42.6 Å². The van der Waals surface area contributed by atoms with Crippen molar-refractivity contribution in [1.82, 2.24) is 4.98 Å². The number of nitrogens with zero attached hydrogens (tertiary/aromatic N) is 1. The molecule has 3 rings (SSSR count). The lowest BCUT2D eigenvalue weighted by Crippen LogP contribution is -2.25. The summed E-state index contributed by atoms with van der Waals surface area (Å²) in [5.74, 6) is 0.0628. The van der Waals surface area contributed by atoms with Crippen molar-refractivity contribution >= 4 is 0 Å². The summed E-state index contributed by atoms with van der Waals surface area (Å²) >= 11 is 0. The van der Waals surface area contributed by atoms with Gasteiger partial charge in [-0.1, -0.05) is 6.07 Å². The molecule has 1 aliphatic heterocycles. The summed E-state index contributed by atoms with van der Waals surface area (Å²) in [4.78, 5) is 4.13. The molecule has 2 heterocycles. The first-order chi connectivity index (χ1) is 8.14. The minimum absolute atomic E-state index is 0.0261. The van der Waals surface area contributed by atoms with E-state index in [1.165, 1.54) is 12.1 Å². The standard InChI is InChI=1S/C12H7F2NO2/c13-12(14)16-10-5-4-8(7-11(10)17-12)9-3-1-2-6-15-9/h1-7H. The fraction of sp³-hybridized carbons (Fsp3) is 0.0833. The third-order valence-electron chi connectivity index (χ3n) is 2.36. The summed E-state index contributed by atoms with van der Waals surface area (Å²) in [5, 5.41) is 0. The molecule has 3 nitrogen and oxygen atoms in total. The number of hydrogen-bond donors (Lipinski definition) is 0. The molecule has 0 bridgehead atoms. The first-order valence-corrected chi connectivity index (χ1v) is 4.95. The molecule has 0 unspecified atom stereocenters. The van der Waals surface area contributed by atoms with Gasteiger partial charge in [-0.3, -0.25) is 4.98 Å². The van der Waals surface area contributed by atoms with E-state index < -0.39 is 6.29 Å². The van der Waals surface area contributed by atoms with Gasteiger partial charge in [0.2, 0.25) is 0 Å². The Morgan fingerprint density at radius 1 is 1.00 bits per heavy atom. The lowest BCUT2D eigenvalue weighted by Gasteiger charge is -2.04. The zero-order valence-corrected chi connectivity index (χ0v) is 8.56. The number of pyridine rings is 1. The van der Waals surface area contributed by atoms with E-state index in [0.29, 0.717) is 11.3 Å². The normalized spacial score (nSPS) is 15.9. The molecule has 0 saturated carbocycles. The Kier molecular flexibility index (Phi) is 2.01. The number of halogens is 2. The maximum Gasteiger partial charge on any atom is 0.586 e. The van der Waals surface area contributed by atoms with Crippen LogP contribution in [0.1, 0.15) is 0 Å². The fourth-order valence-corrected chi connectivity index (χ4v) is 1.64. The van der Waals surface area contributed by atoms with Gasteiger partial charge >= 0.3 is 6.29 Å².